The average molecular weight is 255 g/mol. The molecule has 0 aliphatic carbocycles. The van der Waals surface area contributed by atoms with Crippen molar-refractivity contribution in [1.29, 1.82) is 0 Å². The van der Waals surface area contributed by atoms with Gasteiger partial charge in [-0.1, -0.05) is 0 Å². The third-order valence-corrected chi connectivity index (χ3v) is 4.06. The second kappa shape index (κ2) is 3.79. The summed E-state index contributed by atoms with van der Waals surface area (Å²) in [4.78, 5) is 15.3. The van der Waals surface area contributed by atoms with Crippen LogP contribution in [-0.4, -0.2) is 34.4 Å². The predicted octanol–water partition coefficient (Wildman–Crippen LogP) is 1.14. The summed E-state index contributed by atoms with van der Waals surface area (Å²) < 4.78 is 11.6. The summed E-state index contributed by atoms with van der Waals surface area (Å²) >= 11 is 1.23. The lowest BCUT2D eigenvalue weighted by atomic mass is 9.90. The maximum atomic E-state index is 10.7. The maximum Gasteiger partial charge on any atom is 0.525 e. The maximum absolute atomic E-state index is 10.7. The van der Waals surface area contributed by atoms with E-state index in [1.807, 2.05) is 27.7 Å². The Labute approximate surface area is 104 Å². The first-order chi connectivity index (χ1) is 7.73. The van der Waals surface area contributed by atoms with Crippen molar-refractivity contribution in [2.75, 3.05) is 0 Å². The Morgan fingerprint density at radius 1 is 1.35 bits per heavy atom. The number of hydrogen-bond donors (Lipinski definition) is 1. The first kappa shape index (κ1) is 12.5. The Hall–Kier alpha value is -0.915. The van der Waals surface area contributed by atoms with Crippen LogP contribution in [0.3, 0.4) is 0 Å². The minimum atomic E-state index is -1.04. The molecule has 1 aliphatic rings. The van der Waals surface area contributed by atoms with E-state index in [2.05, 4.69) is 4.98 Å². The van der Waals surface area contributed by atoms with Crippen molar-refractivity contribution >= 4 is 29.3 Å². The summed E-state index contributed by atoms with van der Waals surface area (Å²) in [5, 5.41) is 10.3. The van der Waals surface area contributed by atoms with Gasteiger partial charge in [0.1, 0.15) is 4.91 Å². The van der Waals surface area contributed by atoms with Crippen molar-refractivity contribution in [2.24, 2.45) is 0 Å². The zero-order chi connectivity index (χ0) is 12.8. The second-order valence-electron chi connectivity index (χ2n) is 4.96. The standard InChI is InChI=1S/C10H14BNO4S/c1-9(2)10(3,4)16-11(15-9)8-12-6(5-17-8)7(13)14/h5H,1-4H3,(H,13,14). The lowest BCUT2D eigenvalue weighted by molar-refractivity contribution is 0.00578. The molecule has 17 heavy (non-hydrogen) atoms. The van der Waals surface area contributed by atoms with Crippen LogP contribution in [0.25, 0.3) is 0 Å². The van der Waals surface area contributed by atoms with E-state index in [1.165, 1.54) is 16.7 Å². The molecular formula is C10H14BNO4S. The van der Waals surface area contributed by atoms with E-state index < -0.39 is 24.3 Å². The zero-order valence-corrected chi connectivity index (χ0v) is 11.0. The first-order valence-corrected chi connectivity index (χ1v) is 6.15. The van der Waals surface area contributed by atoms with Crippen LogP contribution in [0, 0.1) is 0 Å². The van der Waals surface area contributed by atoms with Crippen LogP contribution in [0.15, 0.2) is 5.38 Å². The van der Waals surface area contributed by atoms with Gasteiger partial charge in [-0.25, -0.2) is 9.78 Å². The van der Waals surface area contributed by atoms with E-state index in [0.717, 1.165) is 0 Å². The van der Waals surface area contributed by atoms with E-state index in [9.17, 15) is 4.79 Å². The SMILES string of the molecule is CC1(C)OB(c2nc(C(=O)O)cs2)OC1(C)C. The molecule has 0 radical (unpaired) electrons. The summed E-state index contributed by atoms with van der Waals surface area (Å²) in [7, 11) is -0.585. The molecule has 2 heterocycles. The minimum absolute atomic E-state index is 0.0275. The van der Waals surface area contributed by atoms with Crippen LogP contribution in [0.4, 0.5) is 0 Å². The largest absolute Gasteiger partial charge is 0.525 e. The zero-order valence-electron chi connectivity index (χ0n) is 10.2. The van der Waals surface area contributed by atoms with Gasteiger partial charge in [0.15, 0.2) is 5.69 Å². The predicted molar refractivity (Wildman–Crippen MR) is 64.8 cm³/mol. The lowest BCUT2D eigenvalue weighted by Gasteiger charge is -2.32. The summed E-state index contributed by atoms with van der Waals surface area (Å²) in [6, 6.07) is 0. The Morgan fingerprint density at radius 2 is 1.88 bits per heavy atom. The van der Waals surface area contributed by atoms with Gasteiger partial charge in [-0.2, -0.15) is 0 Å². The van der Waals surface area contributed by atoms with Gasteiger partial charge in [-0.3, -0.25) is 0 Å². The third-order valence-electron chi connectivity index (χ3n) is 3.20. The van der Waals surface area contributed by atoms with Gasteiger partial charge in [0.25, 0.3) is 0 Å². The normalized spacial score (nSPS) is 21.8. The van der Waals surface area contributed by atoms with Crippen LogP contribution >= 0.6 is 11.3 Å². The number of carbonyl (C=O) groups is 1. The summed E-state index contributed by atoms with van der Waals surface area (Å²) in [5.41, 5.74) is -0.848. The molecule has 5 nitrogen and oxygen atoms in total. The smallest absolute Gasteiger partial charge is 0.476 e. The Morgan fingerprint density at radius 3 is 2.29 bits per heavy atom. The monoisotopic (exact) mass is 255 g/mol. The molecule has 1 saturated heterocycles. The highest BCUT2D eigenvalue weighted by atomic mass is 32.1. The van der Waals surface area contributed by atoms with Gasteiger partial charge >= 0.3 is 13.1 Å². The quantitative estimate of drug-likeness (QED) is 0.802. The van der Waals surface area contributed by atoms with E-state index in [1.54, 1.807) is 0 Å². The van der Waals surface area contributed by atoms with Crippen molar-refractivity contribution in [1.82, 2.24) is 4.98 Å². The molecule has 7 heteroatoms. The topological polar surface area (TPSA) is 68.7 Å². The van der Waals surface area contributed by atoms with Crippen LogP contribution in [-0.2, 0) is 9.31 Å². The Bertz CT molecular complexity index is 441. The molecule has 0 bridgehead atoms. The number of thiazole rings is 1. The van der Waals surface area contributed by atoms with Crippen LogP contribution in [0.1, 0.15) is 38.2 Å². The highest BCUT2D eigenvalue weighted by molar-refractivity contribution is 7.20. The molecule has 1 fully saturated rings. The molecule has 1 aromatic rings. The molecule has 2 rings (SSSR count). The molecule has 0 saturated carbocycles. The molecule has 0 spiro atoms. The molecule has 1 N–H and O–H groups in total. The van der Waals surface area contributed by atoms with Crippen molar-refractivity contribution in [3.8, 4) is 0 Å². The van der Waals surface area contributed by atoms with Crippen molar-refractivity contribution < 1.29 is 19.2 Å². The molecule has 0 unspecified atom stereocenters. The van der Waals surface area contributed by atoms with Crippen molar-refractivity contribution in [3.63, 3.8) is 0 Å². The lowest BCUT2D eigenvalue weighted by Crippen LogP contribution is -2.41. The fraction of sp³-hybridized carbons (Fsp3) is 0.600. The molecule has 0 atom stereocenters. The van der Waals surface area contributed by atoms with E-state index >= 15 is 0 Å². The second-order valence-corrected chi connectivity index (χ2v) is 5.85. The molecule has 0 amide bonds. The highest BCUT2D eigenvalue weighted by Crippen LogP contribution is 2.36. The Balaban J connectivity index is 2.23. The first-order valence-electron chi connectivity index (χ1n) is 5.27. The average Bonchev–Trinajstić information content (AvgIpc) is 2.70. The Kier molecular flexibility index (Phi) is 2.80. The summed E-state index contributed by atoms with van der Waals surface area (Å²) in [6.45, 7) is 7.77. The number of hydrogen-bond acceptors (Lipinski definition) is 5. The fourth-order valence-electron chi connectivity index (χ4n) is 1.44. The molecular weight excluding hydrogens is 241 g/mol. The number of rotatable bonds is 2. The van der Waals surface area contributed by atoms with E-state index in [4.69, 9.17) is 14.4 Å². The summed E-state index contributed by atoms with van der Waals surface area (Å²) in [5.74, 6) is -1.04. The molecule has 0 aromatic carbocycles. The van der Waals surface area contributed by atoms with Gasteiger partial charge in [0, 0.05) is 5.38 Å². The number of carboxylic acids is 1. The number of aromatic nitrogens is 1. The minimum Gasteiger partial charge on any atom is -0.476 e. The van der Waals surface area contributed by atoms with E-state index in [-0.39, 0.29) is 5.69 Å². The van der Waals surface area contributed by atoms with Gasteiger partial charge in [-0.05, 0) is 27.7 Å². The molecule has 1 aromatic heterocycles. The molecule has 92 valence electrons. The van der Waals surface area contributed by atoms with Gasteiger partial charge < -0.3 is 14.4 Å². The summed E-state index contributed by atoms with van der Waals surface area (Å²) in [6.07, 6.45) is 0. The number of nitrogens with zero attached hydrogens (tertiary/aromatic N) is 1. The highest BCUT2D eigenvalue weighted by Gasteiger charge is 2.53. The number of aromatic carboxylic acids is 1. The number of carboxylic acid groups (broad SMARTS) is 1. The van der Waals surface area contributed by atoms with Crippen molar-refractivity contribution in [2.45, 2.75) is 38.9 Å². The van der Waals surface area contributed by atoms with Crippen LogP contribution in [0.5, 0.6) is 0 Å². The van der Waals surface area contributed by atoms with Crippen molar-refractivity contribution in [3.05, 3.63) is 11.1 Å². The van der Waals surface area contributed by atoms with Crippen LogP contribution < -0.4 is 4.91 Å². The van der Waals surface area contributed by atoms with E-state index in [0.29, 0.717) is 4.91 Å². The van der Waals surface area contributed by atoms with Crippen LogP contribution in [0.2, 0.25) is 0 Å². The van der Waals surface area contributed by atoms with Gasteiger partial charge in [-0.15, -0.1) is 11.3 Å². The fourth-order valence-corrected chi connectivity index (χ4v) is 2.18. The van der Waals surface area contributed by atoms with Gasteiger partial charge in [0.2, 0.25) is 0 Å². The molecule has 1 aliphatic heterocycles. The third kappa shape index (κ3) is 2.10. The van der Waals surface area contributed by atoms with Gasteiger partial charge in [0.05, 0.1) is 11.2 Å².